The molecule has 1 fully saturated rings. The highest BCUT2D eigenvalue weighted by Crippen LogP contribution is 2.31. The van der Waals surface area contributed by atoms with Crippen LogP contribution in [0.1, 0.15) is 27.8 Å². The van der Waals surface area contributed by atoms with E-state index in [9.17, 15) is 4.79 Å². The molecule has 1 aliphatic rings. The SMILES string of the molecule is COc1ccccc1C1CNCCN1C(=O)c1cc(C)n(-c2ccccc2)n1.Cl. The van der Waals surface area contributed by atoms with Crippen molar-refractivity contribution in [2.75, 3.05) is 26.7 Å². The molecule has 1 atom stereocenters. The smallest absolute Gasteiger partial charge is 0.274 e. The van der Waals surface area contributed by atoms with E-state index in [0.29, 0.717) is 18.8 Å². The Morgan fingerprint density at radius 2 is 1.86 bits per heavy atom. The second-order valence-electron chi connectivity index (χ2n) is 6.88. The molecule has 2 aromatic carbocycles. The highest BCUT2D eigenvalue weighted by molar-refractivity contribution is 5.93. The molecule has 7 heteroatoms. The van der Waals surface area contributed by atoms with Crippen LogP contribution in [0, 0.1) is 6.92 Å². The van der Waals surface area contributed by atoms with Crippen molar-refractivity contribution in [2.24, 2.45) is 0 Å². The first-order valence-corrected chi connectivity index (χ1v) is 9.45. The normalized spacial score (nSPS) is 16.2. The lowest BCUT2D eigenvalue weighted by molar-refractivity contribution is 0.0625. The number of nitrogens with zero attached hydrogens (tertiary/aromatic N) is 3. The van der Waals surface area contributed by atoms with Gasteiger partial charge < -0.3 is 15.0 Å². The number of hydrogen-bond acceptors (Lipinski definition) is 4. The van der Waals surface area contributed by atoms with E-state index >= 15 is 0 Å². The fourth-order valence-electron chi connectivity index (χ4n) is 3.72. The van der Waals surface area contributed by atoms with E-state index in [0.717, 1.165) is 29.2 Å². The Morgan fingerprint density at radius 3 is 2.62 bits per heavy atom. The van der Waals surface area contributed by atoms with E-state index in [-0.39, 0.29) is 24.4 Å². The Kier molecular flexibility index (Phi) is 6.56. The summed E-state index contributed by atoms with van der Waals surface area (Å²) < 4.78 is 7.34. The van der Waals surface area contributed by atoms with Crippen LogP contribution in [0.3, 0.4) is 0 Å². The van der Waals surface area contributed by atoms with Gasteiger partial charge in [-0.1, -0.05) is 36.4 Å². The van der Waals surface area contributed by atoms with Gasteiger partial charge in [-0.25, -0.2) is 4.68 Å². The lowest BCUT2D eigenvalue weighted by Gasteiger charge is -2.36. The highest BCUT2D eigenvalue weighted by Gasteiger charge is 2.31. The predicted octanol–water partition coefficient (Wildman–Crippen LogP) is 3.40. The van der Waals surface area contributed by atoms with E-state index in [4.69, 9.17) is 4.74 Å². The number of aryl methyl sites for hydroxylation is 1. The molecule has 6 nitrogen and oxygen atoms in total. The van der Waals surface area contributed by atoms with Crippen LogP contribution in [0.5, 0.6) is 5.75 Å². The average molecular weight is 413 g/mol. The van der Waals surface area contributed by atoms with Gasteiger partial charge in [-0.15, -0.1) is 12.4 Å². The van der Waals surface area contributed by atoms with E-state index in [2.05, 4.69) is 10.4 Å². The fraction of sp³-hybridized carbons (Fsp3) is 0.273. The first-order valence-electron chi connectivity index (χ1n) is 9.45. The number of rotatable bonds is 4. The molecule has 0 radical (unpaired) electrons. The third kappa shape index (κ3) is 4.13. The van der Waals surface area contributed by atoms with Crippen LogP contribution in [0.25, 0.3) is 5.69 Å². The number of nitrogens with one attached hydrogen (secondary N) is 1. The Labute approximate surface area is 176 Å². The minimum atomic E-state index is -0.0976. The van der Waals surface area contributed by atoms with Crippen LogP contribution < -0.4 is 10.1 Å². The molecular weight excluding hydrogens is 388 g/mol. The van der Waals surface area contributed by atoms with Crippen molar-refractivity contribution in [3.8, 4) is 11.4 Å². The van der Waals surface area contributed by atoms with Gasteiger partial charge in [0.1, 0.15) is 5.75 Å². The Balaban J connectivity index is 0.00000240. The fourth-order valence-corrected chi connectivity index (χ4v) is 3.72. The molecule has 1 saturated heterocycles. The van der Waals surface area contributed by atoms with Crippen molar-refractivity contribution < 1.29 is 9.53 Å². The first kappa shape index (κ1) is 20.9. The quantitative estimate of drug-likeness (QED) is 0.713. The summed E-state index contributed by atoms with van der Waals surface area (Å²) in [5.41, 5.74) is 3.34. The second-order valence-corrected chi connectivity index (χ2v) is 6.88. The summed E-state index contributed by atoms with van der Waals surface area (Å²) in [7, 11) is 1.66. The van der Waals surface area contributed by atoms with E-state index in [1.807, 2.05) is 77.2 Å². The molecule has 2 heterocycles. The summed E-state index contributed by atoms with van der Waals surface area (Å²) in [4.78, 5) is 15.3. The molecule has 152 valence electrons. The van der Waals surface area contributed by atoms with Gasteiger partial charge >= 0.3 is 0 Å². The number of carbonyl (C=O) groups excluding carboxylic acids is 1. The van der Waals surface area contributed by atoms with Gasteiger partial charge in [0.05, 0.1) is 18.8 Å². The Hall–Kier alpha value is -2.83. The van der Waals surface area contributed by atoms with Crippen LogP contribution in [-0.4, -0.2) is 47.3 Å². The van der Waals surface area contributed by atoms with Crippen LogP contribution in [0.15, 0.2) is 60.7 Å². The number of carbonyl (C=O) groups is 1. The molecule has 1 aliphatic heterocycles. The van der Waals surface area contributed by atoms with Crippen LogP contribution in [0.4, 0.5) is 0 Å². The summed E-state index contributed by atoms with van der Waals surface area (Å²) in [6.07, 6.45) is 0. The number of amides is 1. The summed E-state index contributed by atoms with van der Waals surface area (Å²) >= 11 is 0. The van der Waals surface area contributed by atoms with Crippen LogP contribution in [0.2, 0.25) is 0 Å². The van der Waals surface area contributed by atoms with E-state index in [1.165, 1.54) is 0 Å². The van der Waals surface area contributed by atoms with Gasteiger partial charge in [0.2, 0.25) is 0 Å². The summed E-state index contributed by atoms with van der Waals surface area (Å²) in [6, 6.07) is 19.5. The minimum Gasteiger partial charge on any atom is -0.496 e. The molecule has 0 saturated carbocycles. The highest BCUT2D eigenvalue weighted by atomic mass is 35.5. The number of ether oxygens (including phenoxy) is 1. The van der Waals surface area contributed by atoms with Gasteiger partial charge in [0, 0.05) is 30.9 Å². The zero-order chi connectivity index (χ0) is 19.5. The molecule has 0 aliphatic carbocycles. The molecule has 1 aromatic heterocycles. The van der Waals surface area contributed by atoms with Crippen molar-refractivity contribution in [1.82, 2.24) is 20.0 Å². The van der Waals surface area contributed by atoms with Gasteiger partial charge in [0.25, 0.3) is 5.91 Å². The second kappa shape index (κ2) is 9.11. The third-order valence-electron chi connectivity index (χ3n) is 5.11. The summed E-state index contributed by atoms with van der Waals surface area (Å²) in [5, 5.41) is 7.99. The number of benzene rings is 2. The number of para-hydroxylation sites is 2. The van der Waals surface area contributed by atoms with Crippen molar-refractivity contribution in [2.45, 2.75) is 13.0 Å². The summed E-state index contributed by atoms with van der Waals surface area (Å²) in [6.45, 7) is 4.03. The molecule has 29 heavy (non-hydrogen) atoms. The molecule has 0 bridgehead atoms. The maximum absolute atomic E-state index is 13.4. The number of halogens is 1. The van der Waals surface area contributed by atoms with Gasteiger partial charge in [-0.05, 0) is 31.2 Å². The monoisotopic (exact) mass is 412 g/mol. The van der Waals surface area contributed by atoms with Gasteiger partial charge in [-0.2, -0.15) is 5.10 Å². The van der Waals surface area contributed by atoms with Crippen LogP contribution >= 0.6 is 12.4 Å². The molecule has 0 spiro atoms. The minimum absolute atomic E-state index is 0. The Morgan fingerprint density at radius 1 is 1.14 bits per heavy atom. The van der Waals surface area contributed by atoms with Gasteiger partial charge in [-0.3, -0.25) is 4.79 Å². The topological polar surface area (TPSA) is 59.4 Å². The average Bonchev–Trinajstić information content (AvgIpc) is 3.15. The van der Waals surface area contributed by atoms with E-state index < -0.39 is 0 Å². The maximum Gasteiger partial charge on any atom is 0.274 e. The molecular formula is C22H25ClN4O2. The maximum atomic E-state index is 13.4. The molecule has 1 N–H and O–H groups in total. The van der Waals surface area contributed by atoms with E-state index in [1.54, 1.807) is 7.11 Å². The zero-order valence-electron chi connectivity index (χ0n) is 16.5. The molecule has 1 amide bonds. The Bertz CT molecular complexity index is 974. The molecule has 4 rings (SSSR count). The molecule has 1 unspecified atom stereocenters. The number of methoxy groups -OCH3 is 1. The van der Waals surface area contributed by atoms with Gasteiger partial charge in [0.15, 0.2) is 5.69 Å². The predicted molar refractivity (Wildman–Crippen MR) is 115 cm³/mol. The summed E-state index contributed by atoms with van der Waals surface area (Å²) in [5.74, 6) is 0.732. The number of aromatic nitrogens is 2. The zero-order valence-corrected chi connectivity index (χ0v) is 17.4. The lowest BCUT2D eigenvalue weighted by Crippen LogP contribution is -2.48. The number of piperazine rings is 1. The van der Waals surface area contributed by atoms with Crippen molar-refractivity contribution in [3.05, 3.63) is 77.6 Å². The standard InChI is InChI=1S/C22H24N4O2.ClH/c1-16-14-19(24-26(16)17-8-4-3-5-9-17)22(27)25-13-12-23-15-20(25)18-10-6-7-11-21(18)28-2;/h3-11,14,20,23H,12-13,15H2,1-2H3;1H. The first-order chi connectivity index (χ1) is 13.7. The lowest BCUT2D eigenvalue weighted by atomic mass is 10.0. The van der Waals surface area contributed by atoms with Crippen molar-refractivity contribution in [1.29, 1.82) is 0 Å². The largest absolute Gasteiger partial charge is 0.496 e. The van der Waals surface area contributed by atoms with Crippen LogP contribution in [-0.2, 0) is 0 Å². The number of hydrogen-bond donors (Lipinski definition) is 1. The van der Waals surface area contributed by atoms with Crippen molar-refractivity contribution in [3.63, 3.8) is 0 Å². The third-order valence-corrected chi connectivity index (χ3v) is 5.11. The molecule has 3 aromatic rings. The van der Waals surface area contributed by atoms with Crippen molar-refractivity contribution >= 4 is 18.3 Å².